The van der Waals surface area contributed by atoms with Crippen LogP contribution in [-0.4, -0.2) is 65.0 Å². The van der Waals surface area contributed by atoms with Crippen LogP contribution in [0, 0.1) is 5.92 Å². The highest BCUT2D eigenvalue weighted by Gasteiger charge is 2.25. The fraction of sp³-hybridized carbons (Fsp3) is 0.591. The Kier molecular flexibility index (Phi) is 7.10. The molecule has 0 bridgehead atoms. The van der Waals surface area contributed by atoms with Crippen molar-refractivity contribution in [2.75, 3.05) is 33.3 Å². The molecule has 1 amide bonds. The van der Waals surface area contributed by atoms with E-state index in [0.717, 1.165) is 37.0 Å². The summed E-state index contributed by atoms with van der Waals surface area (Å²) in [5.41, 5.74) is 1.62. The van der Waals surface area contributed by atoms with Crippen LogP contribution in [0.3, 0.4) is 0 Å². The zero-order valence-electron chi connectivity index (χ0n) is 18.2. The van der Waals surface area contributed by atoms with Gasteiger partial charge in [0.2, 0.25) is 5.88 Å². The lowest BCUT2D eigenvalue weighted by Gasteiger charge is -2.34. The first-order chi connectivity index (χ1) is 14.2. The van der Waals surface area contributed by atoms with Crippen molar-refractivity contribution >= 4 is 17.1 Å². The Balaban J connectivity index is 1.60. The number of nitrogens with zero attached hydrogens (tertiary/aromatic N) is 3. The molecule has 0 spiro atoms. The first-order valence-electron chi connectivity index (χ1n) is 10.4. The van der Waals surface area contributed by atoms with Crippen molar-refractivity contribution in [3.8, 4) is 5.88 Å². The van der Waals surface area contributed by atoms with Crippen LogP contribution in [0.5, 0.6) is 5.88 Å². The Hall–Kier alpha value is -2.45. The Bertz CT molecular complexity index is 868. The molecule has 3 heterocycles. The van der Waals surface area contributed by atoms with Gasteiger partial charge in [0, 0.05) is 37.5 Å². The third-order valence-electron chi connectivity index (χ3n) is 5.13. The van der Waals surface area contributed by atoms with Gasteiger partial charge in [-0.15, -0.1) is 0 Å². The number of piperidine rings is 1. The number of aliphatic hydroxyl groups is 1. The molecule has 0 saturated carbocycles. The summed E-state index contributed by atoms with van der Waals surface area (Å²) in [4.78, 5) is 23.0. The molecule has 1 aliphatic heterocycles. The average molecular weight is 417 g/mol. The lowest BCUT2D eigenvalue weighted by Crippen LogP contribution is -2.43. The van der Waals surface area contributed by atoms with E-state index >= 15 is 0 Å². The van der Waals surface area contributed by atoms with Gasteiger partial charge < -0.3 is 24.8 Å². The molecule has 2 atom stereocenters. The maximum absolute atomic E-state index is 11.9. The van der Waals surface area contributed by atoms with Gasteiger partial charge >= 0.3 is 6.09 Å². The number of rotatable bonds is 6. The maximum atomic E-state index is 11.9. The number of ether oxygens (including phenoxy) is 2. The van der Waals surface area contributed by atoms with Crippen LogP contribution >= 0.6 is 0 Å². The predicted molar refractivity (Wildman–Crippen MR) is 114 cm³/mol. The van der Waals surface area contributed by atoms with Crippen molar-refractivity contribution in [1.29, 1.82) is 0 Å². The van der Waals surface area contributed by atoms with E-state index in [1.807, 2.05) is 32.9 Å². The molecule has 0 aliphatic carbocycles. The van der Waals surface area contributed by atoms with Crippen LogP contribution in [0.4, 0.5) is 4.79 Å². The number of alkyl carbamates (subject to hydrolysis) is 1. The lowest BCUT2D eigenvalue weighted by atomic mass is 9.97. The molecule has 2 N–H and O–H groups in total. The Morgan fingerprint density at radius 2 is 2.17 bits per heavy atom. The molecule has 8 nitrogen and oxygen atoms in total. The molecule has 164 valence electrons. The number of pyridine rings is 2. The minimum atomic E-state index is -0.687. The molecule has 30 heavy (non-hydrogen) atoms. The Morgan fingerprint density at radius 3 is 2.90 bits per heavy atom. The van der Waals surface area contributed by atoms with Crippen molar-refractivity contribution < 1.29 is 19.4 Å². The van der Waals surface area contributed by atoms with Crippen molar-refractivity contribution in [3.63, 3.8) is 0 Å². The highest BCUT2D eigenvalue weighted by Crippen LogP contribution is 2.26. The zero-order valence-corrected chi connectivity index (χ0v) is 18.2. The minimum Gasteiger partial charge on any atom is -0.481 e. The van der Waals surface area contributed by atoms with Crippen LogP contribution in [-0.2, 0) is 4.74 Å². The fourth-order valence-corrected chi connectivity index (χ4v) is 3.78. The van der Waals surface area contributed by atoms with E-state index in [9.17, 15) is 9.90 Å². The van der Waals surface area contributed by atoms with E-state index in [4.69, 9.17) is 9.47 Å². The molecule has 2 aromatic heterocycles. The number of nitrogens with one attached hydrogen (secondary N) is 1. The van der Waals surface area contributed by atoms with Crippen LogP contribution in [0.1, 0.15) is 45.3 Å². The van der Waals surface area contributed by atoms with Gasteiger partial charge in [0.25, 0.3) is 0 Å². The van der Waals surface area contributed by atoms with Crippen molar-refractivity contribution in [3.05, 3.63) is 30.0 Å². The summed E-state index contributed by atoms with van der Waals surface area (Å²) >= 11 is 0. The zero-order chi connectivity index (χ0) is 21.7. The van der Waals surface area contributed by atoms with Gasteiger partial charge in [-0.05, 0) is 58.2 Å². The first-order valence-corrected chi connectivity index (χ1v) is 10.4. The summed E-state index contributed by atoms with van der Waals surface area (Å²) in [6, 6.07) is 5.42. The summed E-state index contributed by atoms with van der Waals surface area (Å²) in [6.45, 7) is 8.35. The van der Waals surface area contributed by atoms with Crippen LogP contribution in [0.2, 0.25) is 0 Å². The number of hydrogen-bond donors (Lipinski definition) is 2. The van der Waals surface area contributed by atoms with Gasteiger partial charge in [-0.2, -0.15) is 0 Å². The number of aromatic nitrogens is 2. The van der Waals surface area contributed by atoms with E-state index in [1.165, 1.54) is 0 Å². The summed E-state index contributed by atoms with van der Waals surface area (Å²) in [7, 11) is 1.57. The molecule has 0 aromatic carbocycles. The summed E-state index contributed by atoms with van der Waals surface area (Å²) in [6.07, 6.45) is 2.69. The Morgan fingerprint density at radius 1 is 1.37 bits per heavy atom. The number of β-amino-alcohol motifs (C(OH)–C–C–N with tert-alkyl or cyclic N) is 1. The van der Waals surface area contributed by atoms with E-state index in [-0.39, 0.29) is 6.09 Å². The van der Waals surface area contributed by atoms with Gasteiger partial charge in [0.15, 0.2) is 0 Å². The van der Waals surface area contributed by atoms with Crippen molar-refractivity contribution in [1.82, 2.24) is 20.2 Å². The molecule has 8 heteroatoms. The fourth-order valence-electron chi connectivity index (χ4n) is 3.78. The molecule has 3 rings (SSSR count). The third-order valence-corrected chi connectivity index (χ3v) is 5.13. The van der Waals surface area contributed by atoms with E-state index in [1.54, 1.807) is 19.4 Å². The number of hydrogen-bond acceptors (Lipinski definition) is 7. The molecule has 1 saturated heterocycles. The van der Waals surface area contributed by atoms with Crippen LogP contribution in [0.25, 0.3) is 11.0 Å². The third kappa shape index (κ3) is 6.03. The number of aliphatic hydroxyl groups excluding tert-OH is 1. The second kappa shape index (κ2) is 9.57. The number of fused-ring (bicyclic) bond motifs is 1. The van der Waals surface area contributed by atoms with Crippen molar-refractivity contribution in [2.45, 2.75) is 45.3 Å². The van der Waals surface area contributed by atoms with Gasteiger partial charge in [-0.3, -0.25) is 4.98 Å². The maximum Gasteiger partial charge on any atom is 0.407 e. The Labute approximate surface area is 177 Å². The topological polar surface area (TPSA) is 96.8 Å². The monoisotopic (exact) mass is 416 g/mol. The summed E-state index contributed by atoms with van der Waals surface area (Å²) < 4.78 is 10.5. The van der Waals surface area contributed by atoms with Gasteiger partial charge in [-0.25, -0.2) is 9.78 Å². The lowest BCUT2D eigenvalue weighted by molar-refractivity contribution is 0.0491. The second-order valence-electron chi connectivity index (χ2n) is 8.79. The van der Waals surface area contributed by atoms with Crippen LogP contribution in [0.15, 0.2) is 24.4 Å². The second-order valence-corrected chi connectivity index (χ2v) is 8.79. The summed E-state index contributed by atoms with van der Waals surface area (Å²) in [5.74, 6) is 0.820. The molecular formula is C22H32N4O4. The highest BCUT2D eigenvalue weighted by atomic mass is 16.6. The van der Waals surface area contributed by atoms with Gasteiger partial charge in [0.1, 0.15) is 5.60 Å². The van der Waals surface area contributed by atoms with Gasteiger partial charge in [0.05, 0.1) is 24.2 Å². The smallest absolute Gasteiger partial charge is 0.407 e. The normalized spacial score (nSPS) is 18.8. The first kappa shape index (κ1) is 22.2. The number of carbonyl (C=O) groups is 1. The molecule has 0 radical (unpaired) electrons. The highest BCUT2D eigenvalue weighted by molar-refractivity contribution is 5.78. The van der Waals surface area contributed by atoms with E-state index in [2.05, 4.69) is 20.2 Å². The van der Waals surface area contributed by atoms with Crippen molar-refractivity contribution in [2.24, 2.45) is 5.92 Å². The van der Waals surface area contributed by atoms with E-state index in [0.29, 0.717) is 30.4 Å². The quantitative estimate of drug-likeness (QED) is 0.747. The SMILES string of the molecule is COc1ccc2nccc(C(O)CN3CCCC(CNC(=O)OC(C)(C)C)C3)c2n1. The van der Waals surface area contributed by atoms with Crippen LogP contribution < -0.4 is 10.1 Å². The summed E-state index contributed by atoms with van der Waals surface area (Å²) in [5, 5.41) is 13.8. The molecule has 1 aliphatic rings. The average Bonchev–Trinajstić information content (AvgIpc) is 2.70. The van der Waals surface area contributed by atoms with Gasteiger partial charge in [-0.1, -0.05) is 0 Å². The predicted octanol–water partition coefficient (Wildman–Crippen LogP) is 2.91. The number of amides is 1. The molecule has 1 fully saturated rings. The minimum absolute atomic E-state index is 0.325. The molecule has 2 aromatic rings. The number of likely N-dealkylation sites (tertiary alicyclic amines) is 1. The number of methoxy groups -OCH3 is 1. The molecular weight excluding hydrogens is 384 g/mol. The standard InChI is InChI=1S/C22H32N4O4/c1-22(2,3)30-21(28)24-12-15-6-5-11-26(13-15)14-18(27)16-9-10-23-17-7-8-19(29-4)25-20(16)17/h7-10,15,18,27H,5-6,11-14H2,1-4H3,(H,24,28). The molecule has 2 unspecified atom stereocenters. The number of carbonyl (C=O) groups excluding carboxylic acids is 1. The van der Waals surface area contributed by atoms with E-state index < -0.39 is 11.7 Å². The largest absolute Gasteiger partial charge is 0.481 e.